The number of benzene rings is 5. The topological polar surface area (TPSA) is 25.6 Å². The molecule has 0 amide bonds. The number of aromatic nitrogens is 3. The van der Waals surface area contributed by atoms with Crippen molar-refractivity contribution in [2.24, 2.45) is 0 Å². The van der Waals surface area contributed by atoms with Crippen LogP contribution in [0.15, 0.2) is 121 Å². The second-order valence-corrected chi connectivity index (χ2v) is 9.11. The quantitative estimate of drug-likeness (QED) is 0.275. The van der Waals surface area contributed by atoms with Crippen LogP contribution < -0.4 is 0 Å². The second-order valence-electron chi connectivity index (χ2n) is 9.11. The van der Waals surface area contributed by atoms with Crippen LogP contribution >= 0.6 is 0 Å². The SMILES string of the molecule is c1ccc(-n2c3ccccc3c3c2c2ccc4c5ccccc5[nH]c4c2n3-c2ccccc2)cc1. The minimum atomic E-state index is 1.16. The fourth-order valence-electron chi connectivity index (χ4n) is 5.82. The van der Waals surface area contributed by atoms with Gasteiger partial charge in [-0.25, -0.2) is 0 Å². The molecule has 3 heterocycles. The largest absolute Gasteiger partial charge is 0.353 e. The number of hydrogen-bond donors (Lipinski definition) is 1. The van der Waals surface area contributed by atoms with Gasteiger partial charge < -0.3 is 14.1 Å². The predicted molar refractivity (Wildman–Crippen MR) is 147 cm³/mol. The number of H-pyrrole nitrogens is 1. The van der Waals surface area contributed by atoms with E-state index in [2.05, 4.69) is 135 Å². The number of aromatic amines is 1. The molecule has 0 radical (unpaired) electrons. The van der Waals surface area contributed by atoms with Crippen molar-refractivity contribution < 1.29 is 0 Å². The lowest BCUT2D eigenvalue weighted by Gasteiger charge is -2.09. The van der Waals surface area contributed by atoms with Crippen molar-refractivity contribution in [2.45, 2.75) is 0 Å². The van der Waals surface area contributed by atoms with Crippen LogP contribution in [-0.4, -0.2) is 14.1 Å². The number of fused-ring (bicyclic) bond motifs is 9. The summed E-state index contributed by atoms with van der Waals surface area (Å²) in [6.07, 6.45) is 0. The van der Waals surface area contributed by atoms with Crippen LogP contribution in [0.2, 0.25) is 0 Å². The zero-order valence-electron chi connectivity index (χ0n) is 18.9. The van der Waals surface area contributed by atoms with Gasteiger partial charge in [-0.15, -0.1) is 0 Å². The highest BCUT2D eigenvalue weighted by Crippen LogP contribution is 2.43. The van der Waals surface area contributed by atoms with E-state index in [9.17, 15) is 0 Å². The average Bonchev–Trinajstić information content (AvgIpc) is 3.57. The van der Waals surface area contributed by atoms with Gasteiger partial charge in [0.15, 0.2) is 0 Å². The molecule has 8 aromatic rings. The van der Waals surface area contributed by atoms with Gasteiger partial charge in [-0.2, -0.15) is 0 Å². The molecule has 3 aromatic heterocycles. The predicted octanol–water partition coefficient (Wildman–Crippen LogP) is 8.36. The molecule has 0 aliphatic rings. The lowest BCUT2D eigenvalue weighted by molar-refractivity contribution is 1.18. The first-order valence-electron chi connectivity index (χ1n) is 12.0. The molecule has 0 fully saturated rings. The Morgan fingerprint density at radius 1 is 0.400 bits per heavy atom. The Morgan fingerprint density at radius 3 is 1.74 bits per heavy atom. The fourth-order valence-corrected chi connectivity index (χ4v) is 5.82. The summed E-state index contributed by atoms with van der Waals surface area (Å²) in [5.74, 6) is 0. The van der Waals surface area contributed by atoms with Crippen molar-refractivity contribution >= 4 is 54.6 Å². The zero-order valence-corrected chi connectivity index (χ0v) is 18.9. The first-order chi connectivity index (χ1) is 17.4. The zero-order chi connectivity index (χ0) is 22.9. The standard InChI is InChI=1S/C32H21N3/c1-3-11-21(12-4-1)34-28-18-10-8-16-25(28)31-32(34)26-20-19-24-23-15-7-9-17-27(23)33-29(24)30(26)35(31)22-13-5-2-6-14-22/h1-20,33H. The van der Waals surface area contributed by atoms with Crippen molar-refractivity contribution in [3.05, 3.63) is 121 Å². The highest BCUT2D eigenvalue weighted by atomic mass is 15.1. The molecular formula is C32H21N3. The molecular weight excluding hydrogens is 426 g/mol. The number of nitrogens with one attached hydrogen (secondary N) is 1. The van der Waals surface area contributed by atoms with Gasteiger partial charge in [-0.3, -0.25) is 0 Å². The van der Waals surface area contributed by atoms with E-state index in [-0.39, 0.29) is 0 Å². The molecule has 0 saturated heterocycles. The van der Waals surface area contributed by atoms with Crippen LogP contribution in [0.3, 0.4) is 0 Å². The van der Waals surface area contributed by atoms with Crippen LogP contribution in [0.25, 0.3) is 66.0 Å². The van der Waals surface area contributed by atoms with E-state index in [1.165, 1.54) is 54.8 Å². The number of rotatable bonds is 2. The van der Waals surface area contributed by atoms with Crippen molar-refractivity contribution in [3.8, 4) is 11.4 Å². The van der Waals surface area contributed by atoms with E-state index in [1.54, 1.807) is 0 Å². The maximum Gasteiger partial charge on any atom is 0.0804 e. The summed E-state index contributed by atoms with van der Waals surface area (Å²) in [6.45, 7) is 0. The van der Waals surface area contributed by atoms with E-state index >= 15 is 0 Å². The first-order valence-corrected chi connectivity index (χ1v) is 12.0. The van der Waals surface area contributed by atoms with E-state index in [0.29, 0.717) is 0 Å². The minimum Gasteiger partial charge on any atom is -0.353 e. The molecule has 3 nitrogen and oxygen atoms in total. The van der Waals surface area contributed by atoms with Crippen molar-refractivity contribution in [2.75, 3.05) is 0 Å². The Kier molecular flexibility index (Phi) is 3.66. The lowest BCUT2D eigenvalue weighted by atomic mass is 10.1. The second kappa shape index (κ2) is 6.87. The molecule has 0 unspecified atom stereocenters. The van der Waals surface area contributed by atoms with Crippen LogP contribution in [0.1, 0.15) is 0 Å². The van der Waals surface area contributed by atoms with Gasteiger partial charge in [0.1, 0.15) is 0 Å². The van der Waals surface area contributed by atoms with Crippen LogP contribution in [0, 0.1) is 0 Å². The fraction of sp³-hybridized carbons (Fsp3) is 0. The molecule has 0 aliphatic carbocycles. The summed E-state index contributed by atoms with van der Waals surface area (Å²) in [4.78, 5) is 3.76. The van der Waals surface area contributed by atoms with E-state index in [0.717, 1.165) is 11.2 Å². The van der Waals surface area contributed by atoms with E-state index < -0.39 is 0 Å². The van der Waals surface area contributed by atoms with Gasteiger partial charge >= 0.3 is 0 Å². The number of hydrogen-bond acceptors (Lipinski definition) is 0. The minimum absolute atomic E-state index is 1.16. The summed E-state index contributed by atoms with van der Waals surface area (Å²) in [5, 5.41) is 4.99. The third kappa shape index (κ3) is 2.44. The molecule has 0 bridgehead atoms. The summed E-state index contributed by atoms with van der Waals surface area (Å²) in [6, 6.07) is 43.3. The molecule has 1 N–H and O–H groups in total. The molecule has 35 heavy (non-hydrogen) atoms. The molecule has 0 aliphatic heterocycles. The number of para-hydroxylation sites is 4. The average molecular weight is 448 g/mol. The Morgan fingerprint density at radius 2 is 0.971 bits per heavy atom. The molecule has 8 rings (SSSR count). The third-order valence-electron chi connectivity index (χ3n) is 7.23. The van der Waals surface area contributed by atoms with Gasteiger partial charge in [0, 0.05) is 38.4 Å². The van der Waals surface area contributed by atoms with Crippen molar-refractivity contribution in [3.63, 3.8) is 0 Å². The van der Waals surface area contributed by atoms with Crippen molar-refractivity contribution in [1.29, 1.82) is 0 Å². The van der Waals surface area contributed by atoms with Gasteiger partial charge in [0.25, 0.3) is 0 Å². The van der Waals surface area contributed by atoms with Gasteiger partial charge in [0.2, 0.25) is 0 Å². The Labute approximate surface area is 201 Å². The highest BCUT2D eigenvalue weighted by Gasteiger charge is 2.24. The highest BCUT2D eigenvalue weighted by molar-refractivity contribution is 6.26. The monoisotopic (exact) mass is 447 g/mol. The molecule has 5 aromatic carbocycles. The lowest BCUT2D eigenvalue weighted by Crippen LogP contribution is -1.94. The Hall–Kier alpha value is -4.76. The summed E-state index contributed by atoms with van der Waals surface area (Å²) in [7, 11) is 0. The van der Waals surface area contributed by atoms with Crippen LogP contribution in [-0.2, 0) is 0 Å². The van der Waals surface area contributed by atoms with Gasteiger partial charge in [0.05, 0.1) is 27.6 Å². The maximum absolute atomic E-state index is 3.76. The van der Waals surface area contributed by atoms with Crippen LogP contribution in [0.5, 0.6) is 0 Å². The summed E-state index contributed by atoms with van der Waals surface area (Å²) in [5.41, 5.74) is 9.56. The summed E-state index contributed by atoms with van der Waals surface area (Å²) < 4.78 is 4.87. The summed E-state index contributed by atoms with van der Waals surface area (Å²) >= 11 is 0. The van der Waals surface area contributed by atoms with Crippen molar-refractivity contribution in [1.82, 2.24) is 14.1 Å². The maximum atomic E-state index is 3.76. The van der Waals surface area contributed by atoms with Crippen LogP contribution in [0.4, 0.5) is 0 Å². The van der Waals surface area contributed by atoms with E-state index in [1.807, 2.05) is 0 Å². The molecule has 3 heteroatoms. The normalized spacial score (nSPS) is 12.0. The Bertz CT molecular complexity index is 2040. The molecule has 0 saturated carbocycles. The molecule has 0 spiro atoms. The first kappa shape index (κ1) is 18.6. The van der Waals surface area contributed by atoms with Gasteiger partial charge in [-0.05, 0) is 42.5 Å². The van der Waals surface area contributed by atoms with E-state index in [4.69, 9.17) is 0 Å². The number of nitrogens with zero attached hydrogens (tertiary/aromatic N) is 2. The smallest absolute Gasteiger partial charge is 0.0804 e. The molecule has 164 valence electrons. The Balaban J connectivity index is 1.69. The third-order valence-corrected chi connectivity index (χ3v) is 7.23. The molecule has 0 atom stereocenters. The van der Waals surface area contributed by atoms with Gasteiger partial charge in [-0.1, -0.05) is 78.9 Å².